The van der Waals surface area contributed by atoms with Gasteiger partial charge in [-0.2, -0.15) is 11.8 Å². The van der Waals surface area contributed by atoms with Gasteiger partial charge in [0.1, 0.15) is 0 Å². The van der Waals surface area contributed by atoms with Crippen LogP contribution >= 0.6 is 11.8 Å². The lowest BCUT2D eigenvalue weighted by Crippen LogP contribution is -2.37. The van der Waals surface area contributed by atoms with Crippen LogP contribution in [-0.2, 0) is 10.5 Å². The fourth-order valence-electron chi connectivity index (χ4n) is 2.55. The minimum Gasteiger partial charge on any atom is -0.355 e. The van der Waals surface area contributed by atoms with Crippen molar-refractivity contribution in [3.05, 3.63) is 35.9 Å². The van der Waals surface area contributed by atoms with Crippen molar-refractivity contribution in [1.29, 1.82) is 0 Å². The fourth-order valence-corrected chi connectivity index (χ4v) is 3.46. The Kier molecular flexibility index (Phi) is 7.68. The lowest BCUT2D eigenvalue weighted by atomic mass is 10.1. The summed E-state index contributed by atoms with van der Waals surface area (Å²) < 4.78 is 0. The molecule has 1 aliphatic rings. The maximum Gasteiger partial charge on any atom is 0.220 e. The van der Waals surface area contributed by atoms with E-state index in [4.69, 9.17) is 0 Å². The van der Waals surface area contributed by atoms with E-state index < -0.39 is 0 Å². The van der Waals surface area contributed by atoms with Gasteiger partial charge in [0, 0.05) is 31.0 Å². The second kappa shape index (κ2) is 9.85. The standard InChI is InChI=1S/C17H26N2OS/c20-17(18-10-13-19-11-5-2-6-12-19)9-14-21-15-16-7-3-1-4-8-16/h1,3-4,7-8H,2,5-6,9-15H2,(H,18,20). The quantitative estimate of drug-likeness (QED) is 0.750. The van der Waals surface area contributed by atoms with Gasteiger partial charge in [0.15, 0.2) is 0 Å². The molecule has 1 aliphatic heterocycles. The summed E-state index contributed by atoms with van der Waals surface area (Å²) in [7, 11) is 0. The number of benzene rings is 1. The van der Waals surface area contributed by atoms with Gasteiger partial charge in [0.25, 0.3) is 0 Å². The third-order valence-electron chi connectivity index (χ3n) is 3.78. The highest BCUT2D eigenvalue weighted by Crippen LogP contribution is 2.12. The number of amides is 1. The molecule has 3 nitrogen and oxygen atoms in total. The molecule has 0 aromatic heterocycles. The van der Waals surface area contributed by atoms with E-state index in [1.54, 1.807) is 0 Å². The molecule has 116 valence electrons. The molecular weight excluding hydrogens is 280 g/mol. The molecule has 0 atom stereocenters. The maximum atomic E-state index is 11.8. The number of rotatable bonds is 8. The van der Waals surface area contributed by atoms with Crippen LogP contribution in [0.5, 0.6) is 0 Å². The van der Waals surface area contributed by atoms with Gasteiger partial charge in [0.2, 0.25) is 5.91 Å². The molecule has 1 saturated heterocycles. The molecular formula is C17H26N2OS. The molecule has 0 radical (unpaired) electrons. The molecule has 1 fully saturated rings. The summed E-state index contributed by atoms with van der Waals surface area (Å²) in [6, 6.07) is 10.4. The third-order valence-corrected chi connectivity index (χ3v) is 4.81. The van der Waals surface area contributed by atoms with Crippen molar-refractivity contribution in [1.82, 2.24) is 10.2 Å². The minimum atomic E-state index is 0.188. The molecule has 0 unspecified atom stereocenters. The monoisotopic (exact) mass is 306 g/mol. The van der Waals surface area contributed by atoms with Crippen molar-refractivity contribution in [3.8, 4) is 0 Å². The third kappa shape index (κ3) is 7.00. The van der Waals surface area contributed by atoms with Gasteiger partial charge in [-0.15, -0.1) is 0 Å². The van der Waals surface area contributed by atoms with E-state index in [9.17, 15) is 4.79 Å². The molecule has 1 amide bonds. The van der Waals surface area contributed by atoms with E-state index in [0.29, 0.717) is 6.42 Å². The van der Waals surface area contributed by atoms with Crippen molar-refractivity contribution >= 4 is 17.7 Å². The Labute approximate surface area is 132 Å². The molecule has 1 aromatic carbocycles. The number of carbonyl (C=O) groups excluding carboxylic acids is 1. The summed E-state index contributed by atoms with van der Waals surface area (Å²) in [4.78, 5) is 14.2. The first-order chi connectivity index (χ1) is 10.3. The van der Waals surface area contributed by atoms with Crippen LogP contribution in [0.4, 0.5) is 0 Å². The van der Waals surface area contributed by atoms with Crippen LogP contribution in [0.3, 0.4) is 0 Å². The molecule has 4 heteroatoms. The fraction of sp³-hybridized carbons (Fsp3) is 0.588. The normalized spacial score (nSPS) is 15.8. The average Bonchev–Trinajstić information content (AvgIpc) is 2.54. The second-order valence-electron chi connectivity index (χ2n) is 5.54. The number of nitrogens with zero attached hydrogens (tertiary/aromatic N) is 1. The van der Waals surface area contributed by atoms with Gasteiger partial charge < -0.3 is 10.2 Å². The Morgan fingerprint density at radius 1 is 1.14 bits per heavy atom. The minimum absolute atomic E-state index is 0.188. The van der Waals surface area contributed by atoms with Crippen LogP contribution in [0, 0.1) is 0 Å². The van der Waals surface area contributed by atoms with Gasteiger partial charge in [0.05, 0.1) is 0 Å². The number of hydrogen-bond acceptors (Lipinski definition) is 3. The SMILES string of the molecule is O=C(CCSCc1ccccc1)NCCN1CCCCC1. The Balaban J connectivity index is 1.47. The highest BCUT2D eigenvalue weighted by Gasteiger charge is 2.09. The topological polar surface area (TPSA) is 32.3 Å². The molecule has 1 heterocycles. The Morgan fingerprint density at radius 3 is 2.67 bits per heavy atom. The number of carbonyl (C=O) groups is 1. The van der Waals surface area contributed by atoms with Crippen molar-refractivity contribution in [2.45, 2.75) is 31.4 Å². The first kappa shape index (κ1) is 16.4. The van der Waals surface area contributed by atoms with Crippen molar-refractivity contribution in [3.63, 3.8) is 0 Å². The number of thioether (sulfide) groups is 1. The van der Waals surface area contributed by atoms with E-state index in [2.05, 4.69) is 34.5 Å². The number of piperidine rings is 1. The summed E-state index contributed by atoms with van der Waals surface area (Å²) in [5.74, 6) is 2.07. The summed E-state index contributed by atoms with van der Waals surface area (Å²) in [5.41, 5.74) is 1.33. The van der Waals surface area contributed by atoms with Gasteiger partial charge >= 0.3 is 0 Å². The zero-order chi connectivity index (χ0) is 14.8. The van der Waals surface area contributed by atoms with Crippen LogP contribution in [0.1, 0.15) is 31.2 Å². The number of hydrogen-bond donors (Lipinski definition) is 1. The largest absolute Gasteiger partial charge is 0.355 e. The molecule has 1 N–H and O–H groups in total. The van der Waals surface area contributed by atoms with Crippen LogP contribution in [-0.4, -0.2) is 42.7 Å². The smallest absolute Gasteiger partial charge is 0.220 e. The van der Waals surface area contributed by atoms with Gasteiger partial charge in [-0.3, -0.25) is 4.79 Å². The molecule has 2 rings (SSSR count). The van der Waals surface area contributed by atoms with E-state index >= 15 is 0 Å². The second-order valence-corrected chi connectivity index (χ2v) is 6.65. The van der Waals surface area contributed by atoms with Crippen LogP contribution < -0.4 is 5.32 Å². The molecule has 1 aromatic rings. The number of nitrogens with one attached hydrogen (secondary N) is 1. The van der Waals surface area contributed by atoms with Crippen LogP contribution in [0.15, 0.2) is 30.3 Å². The van der Waals surface area contributed by atoms with E-state index in [1.165, 1.54) is 37.9 Å². The lowest BCUT2D eigenvalue weighted by molar-refractivity contribution is -0.120. The average molecular weight is 306 g/mol. The predicted octanol–water partition coefficient (Wildman–Crippen LogP) is 2.91. The Bertz CT molecular complexity index is 405. The van der Waals surface area contributed by atoms with Crippen molar-refractivity contribution in [2.75, 3.05) is 31.9 Å². The van der Waals surface area contributed by atoms with E-state index in [0.717, 1.165) is 24.6 Å². The molecule has 21 heavy (non-hydrogen) atoms. The summed E-state index contributed by atoms with van der Waals surface area (Å²) >= 11 is 1.82. The van der Waals surface area contributed by atoms with Crippen molar-refractivity contribution < 1.29 is 4.79 Å². The van der Waals surface area contributed by atoms with Crippen molar-refractivity contribution in [2.24, 2.45) is 0 Å². The molecule has 0 saturated carbocycles. The molecule has 0 bridgehead atoms. The highest BCUT2D eigenvalue weighted by molar-refractivity contribution is 7.98. The lowest BCUT2D eigenvalue weighted by Gasteiger charge is -2.26. The zero-order valence-electron chi connectivity index (χ0n) is 12.7. The first-order valence-electron chi connectivity index (χ1n) is 7.95. The molecule has 0 spiro atoms. The number of likely N-dealkylation sites (tertiary alicyclic amines) is 1. The van der Waals surface area contributed by atoms with Crippen LogP contribution in [0.25, 0.3) is 0 Å². The van der Waals surface area contributed by atoms with Crippen LogP contribution in [0.2, 0.25) is 0 Å². The Morgan fingerprint density at radius 2 is 1.90 bits per heavy atom. The zero-order valence-corrected chi connectivity index (χ0v) is 13.5. The van der Waals surface area contributed by atoms with E-state index in [-0.39, 0.29) is 5.91 Å². The summed E-state index contributed by atoms with van der Waals surface area (Å²) in [6.07, 6.45) is 4.60. The summed E-state index contributed by atoms with van der Waals surface area (Å²) in [5, 5.41) is 3.03. The molecule has 0 aliphatic carbocycles. The highest BCUT2D eigenvalue weighted by atomic mass is 32.2. The predicted molar refractivity (Wildman–Crippen MR) is 90.5 cm³/mol. The van der Waals surface area contributed by atoms with E-state index in [1.807, 2.05) is 17.8 Å². The van der Waals surface area contributed by atoms with Gasteiger partial charge in [-0.25, -0.2) is 0 Å². The summed E-state index contributed by atoms with van der Waals surface area (Å²) in [6.45, 7) is 4.19. The first-order valence-corrected chi connectivity index (χ1v) is 9.11. The van der Waals surface area contributed by atoms with Gasteiger partial charge in [-0.05, 0) is 31.5 Å². The maximum absolute atomic E-state index is 11.8. The Hall–Kier alpha value is -1.00. The van der Waals surface area contributed by atoms with Gasteiger partial charge in [-0.1, -0.05) is 36.8 Å².